The quantitative estimate of drug-likeness (QED) is 0.622. The monoisotopic (exact) mass is 279 g/mol. The molecule has 0 spiro atoms. The third-order valence-electron chi connectivity index (χ3n) is 4.35. The third-order valence-corrected chi connectivity index (χ3v) is 4.35. The molecule has 0 aliphatic heterocycles. The highest BCUT2D eigenvalue weighted by Crippen LogP contribution is 2.24. The summed E-state index contributed by atoms with van der Waals surface area (Å²) in [5.74, 6) is 0.761. The predicted octanol–water partition coefficient (Wildman–Crippen LogP) is 3.56. The molecule has 116 valence electrons. The summed E-state index contributed by atoms with van der Waals surface area (Å²) in [7, 11) is 2.22. The van der Waals surface area contributed by atoms with Crippen LogP contribution in [0.1, 0.15) is 66.2 Å². The van der Waals surface area contributed by atoms with Gasteiger partial charge in [-0.2, -0.15) is 5.26 Å². The minimum Gasteiger partial charge on any atom is -0.304 e. The highest BCUT2D eigenvalue weighted by atomic mass is 15.1. The second-order valence-electron chi connectivity index (χ2n) is 7.28. The molecule has 1 N–H and O–H groups in total. The molecule has 1 aliphatic carbocycles. The van der Waals surface area contributed by atoms with Crippen LogP contribution in [0.2, 0.25) is 0 Å². The molecular weight excluding hydrogens is 246 g/mol. The molecule has 0 heterocycles. The van der Waals surface area contributed by atoms with Crippen LogP contribution in [-0.2, 0) is 0 Å². The van der Waals surface area contributed by atoms with Crippen molar-refractivity contribution in [2.24, 2.45) is 5.92 Å². The molecule has 0 bridgehead atoms. The standard InChI is InChI=1S/C17H33N3/c1-14(2)12-15(3)20(5)11-7-6-10-17(4,13-18)19-16-8-9-16/h14-16,19H,6-12H2,1-5H3. The maximum atomic E-state index is 9.33. The number of rotatable bonds is 10. The van der Waals surface area contributed by atoms with E-state index in [1.165, 1.54) is 25.7 Å². The van der Waals surface area contributed by atoms with Crippen LogP contribution in [0.15, 0.2) is 0 Å². The van der Waals surface area contributed by atoms with Crippen molar-refractivity contribution in [3.63, 3.8) is 0 Å². The number of hydrogen-bond acceptors (Lipinski definition) is 3. The van der Waals surface area contributed by atoms with Gasteiger partial charge in [0, 0.05) is 12.1 Å². The average Bonchev–Trinajstić information content (AvgIpc) is 3.17. The zero-order valence-corrected chi connectivity index (χ0v) is 14.1. The Hall–Kier alpha value is -0.590. The zero-order chi connectivity index (χ0) is 15.2. The fourth-order valence-corrected chi connectivity index (χ4v) is 2.76. The summed E-state index contributed by atoms with van der Waals surface area (Å²) >= 11 is 0. The van der Waals surface area contributed by atoms with Gasteiger partial charge in [0.15, 0.2) is 0 Å². The van der Waals surface area contributed by atoms with Gasteiger partial charge in [0.25, 0.3) is 0 Å². The number of unbranched alkanes of at least 4 members (excludes halogenated alkanes) is 1. The molecule has 1 saturated carbocycles. The topological polar surface area (TPSA) is 39.1 Å². The first-order valence-electron chi connectivity index (χ1n) is 8.25. The molecule has 0 aromatic carbocycles. The number of nitriles is 1. The molecule has 2 unspecified atom stereocenters. The minimum atomic E-state index is -0.316. The van der Waals surface area contributed by atoms with Gasteiger partial charge in [-0.25, -0.2) is 0 Å². The van der Waals surface area contributed by atoms with E-state index in [1.807, 2.05) is 0 Å². The fourth-order valence-electron chi connectivity index (χ4n) is 2.76. The van der Waals surface area contributed by atoms with Gasteiger partial charge in [-0.1, -0.05) is 13.8 Å². The molecule has 1 rings (SSSR count). The molecule has 0 amide bonds. The second kappa shape index (κ2) is 8.00. The summed E-state index contributed by atoms with van der Waals surface area (Å²) in [6.45, 7) is 10.1. The van der Waals surface area contributed by atoms with Gasteiger partial charge >= 0.3 is 0 Å². The molecule has 0 saturated heterocycles. The highest BCUT2D eigenvalue weighted by molar-refractivity contribution is 5.06. The maximum Gasteiger partial charge on any atom is 0.104 e. The van der Waals surface area contributed by atoms with Crippen molar-refractivity contribution in [2.75, 3.05) is 13.6 Å². The predicted molar refractivity (Wildman–Crippen MR) is 85.6 cm³/mol. The molecule has 2 atom stereocenters. The van der Waals surface area contributed by atoms with Gasteiger partial charge in [0.05, 0.1) is 6.07 Å². The van der Waals surface area contributed by atoms with Crippen LogP contribution in [0.5, 0.6) is 0 Å². The van der Waals surface area contributed by atoms with E-state index in [2.05, 4.69) is 51.0 Å². The number of nitrogens with one attached hydrogen (secondary N) is 1. The summed E-state index contributed by atoms with van der Waals surface area (Å²) in [5.41, 5.74) is -0.316. The first kappa shape index (κ1) is 17.5. The smallest absolute Gasteiger partial charge is 0.104 e. The Balaban J connectivity index is 2.18. The lowest BCUT2D eigenvalue weighted by molar-refractivity contribution is 0.221. The highest BCUT2D eigenvalue weighted by Gasteiger charge is 2.31. The lowest BCUT2D eigenvalue weighted by Crippen LogP contribution is -2.42. The summed E-state index contributed by atoms with van der Waals surface area (Å²) < 4.78 is 0. The lowest BCUT2D eigenvalue weighted by Gasteiger charge is -2.27. The average molecular weight is 279 g/mol. The molecule has 3 nitrogen and oxygen atoms in total. The summed E-state index contributed by atoms with van der Waals surface area (Å²) in [4.78, 5) is 2.46. The van der Waals surface area contributed by atoms with Crippen molar-refractivity contribution in [2.45, 2.75) is 83.8 Å². The lowest BCUT2D eigenvalue weighted by atomic mass is 9.96. The van der Waals surface area contributed by atoms with Crippen molar-refractivity contribution in [3.05, 3.63) is 0 Å². The van der Waals surface area contributed by atoms with Crippen molar-refractivity contribution in [1.29, 1.82) is 5.26 Å². The second-order valence-corrected chi connectivity index (χ2v) is 7.28. The van der Waals surface area contributed by atoms with E-state index < -0.39 is 0 Å². The molecule has 0 aromatic heterocycles. The minimum absolute atomic E-state index is 0.316. The molecule has 3 heteroatoms. The molecular formula is C17H33N3. The van der Waals surface area contributed by atoms with Crippen LogP contribution in [0.3, 0.4) is 0 Å². The maximum absolute atomic E-state index is 9.33. The van der Waals surface area contributed by atoms with E-state index in [1.54, 1.807) is 0 Å². The van der Waals surface area contributed by atoms with Crippen molar-refractivity contribution >= 4 is 0 Å². The summed E-state index contributed by atoms with van der Waals surface area (Å²) in [5, 5.41) is 12.8. The SMILES string of the molecule is CC(C)CC(C)N(C)CCCCC(C)(C#N)NC1CC1. The van der Waals surface area contributed by atoms with Crippen LogP contribution in [-0.4, -0.2) is 36.1 Å². The normalized spacial score (nSPS) is 19.9. The van der Waals surface area contributed by atoms with Crippen LogP contribution in [0, 0.1) is 17.2 Å². The number of hydrogen-bond donors (Lipinski definition) is 1. The molecule has 0 radical (unpaired) electrons. The van der Waals surface area contributed by atoms with Gasteiger partial charge in [0.1, 0.15) is 5.54 Å². The Labute approximate surface area is 125 Å². The summed E-state index contributed by atoms with van der Waals surface area (Å²) in [6.07, 6.45) is 7.02. The molecule has 1 aliphatic rings. The van der Waals surface area contributed by atoms with Crippen LogP contribution >= 0.6 is 0 Å². The van der Waals surface area contributed by atoms with Crippen molar-refractivity contribution in [1.82, 2.24) is 10.2 Å². The van der Waals surface area contributed by atoms with Crippen molar-refractivity contribution in [3.8, 4) is 6.07 Å². The fraction of sp³-hybridized carbons (Fsp3) is 0.941. The largest absolute Gasteiger partial charge is 0.304 e. The van der Waals surface area contributed by atoms with E-state index in [0.29, 0.717) is 12.1 Å². The van der Waals surface area contributed by atoms with Crippen LogP contribution in [0.25, 0.3) is 0 Å². The molecule has 0 aromatic rings. The zero-order valence-electron chi connectivity index (χ0n) is 14.1. The van der Waals surface area contributed by atoms with Gasteiger partial charge in [-0.05, 0) is 71.9 Å². The molecule has 1 fully saturated rings. The van der Waals surface area contributed by atoms with E-state index >= 15 is 0 Å². The van der Waals surface area contributed by atoms with Gasteiger partial charge < -0.3 is 4.90 Å². The Morgan fingerprint density at radius 2 is 1.95 bits per heavy atom. The molecule has 20 heavy (non-hydrogen) atoms. The third kappa shape index (κ3) is 6.72. The van der Waals surface area contributed by atoms with Crippen LogP contribution < -0.4 is 5.32 Å². The Bertz CT molecular complexity index is 317. The Kier molecular flexibility index (Phi) is 6.99. The van der Waals surface area contributed by atoms with Gasteiger partial charge in [-0.15, -0.1) is 0 Å². The van der Waals surface area contributed by atoms with E-state index in [0.717, 1.165) is 25.3 Å². The summed E-state index contributed by atoms with van der Waals surface area (Å²) in [6, 6.07) is 3.72. The first-order valence-corrected chi connectivity index (χ1v) is 8.25. The first-order chi connectivity index (χ1) is 9.36. The van der Waals surface area contributed by atoms with E-state index in [-0.39, 0.29) is 5.54 Å². The van der Waals surface area contributed by atoms with E-state index in [4.69, 9.17) is 0 Å². The Morgan fingerprint density at radius 3 is 2.45 bits per heavy atom. The van der Waals surface area contributed by atoms with Crippen LogP contribution in [0.4, 0.5) is 0 Å². The Morgan fingerprint density at radius 1 is 1.30 bits per heavy atom. The van der Waals surface area contributed by atoms with E-state index in [9.17, 15) is 5.26 Å². The van der Waals surface area contributed by atoms with Crippen molar-refractivity contribution < 1.29 is 0 Å². The number of nitrogens with zero attached hydrogens (tertiary/aromatic N) is 2. The van der Waals surface area contributed by atoms with Gasteiger partial charge in [0.2, 0.25) is 0 Å². The van der Waals surface area contributed by atoms with Gasteiger partial charge in [-0.3, -0.25) is 5.32 Å².